The Kier molecular flexibility index (Phi) is 5.74. The molecule has 1 fully saturated rings. The second-order valence-corrected chi connectivity index (χ2v) is 8.87. The van der Waals surface area contributed by atoms with Gasteiger partial charge in [0.25, 0.3) is 5.91 Å². The Morgan fingerprint density at radius 3 is 2.36 bits per heavy atom. The molecular formula is C18H14I2N2O2S. The molecule has 4 nitrogen and oxygen atoms in total. The lowest BCUT2D eigenvalue weighted by Gasteiger charge is -2.07. The van der Waals surface area contributed by atoms with Crippen molar-refractivity contribution in [2.75, 3.05) is 7.05 Å². The highest BCUT2D eigenvalue weighted by atomic mass is 127. The van der Waals surface area contributed by atoms with Crippen molar-refractivity contribution >= 4 is 79.8 Å². The largest absolute Gasteiger partial charge is 0.506 e. The highest BCUT2D eigenvalue weighted by molar-refractivity contribution is 14.1. The normalized spacial score (nSPS) is 17.8. The van der Waals surface area contributed by atoms with Gasteiger partial charge in [-0.2, -0.15) is 0 Å². The van der Waals surface area contributed by atoms with E-state index in [2.05, 4.69) is 50.2 Å². The molecule has 7 heteroatoms. The molecule has 25 heavy (non-hydrogen) atoms. The van der Waals surface area contributed by atoms with Crippen LogP contribution in [-0.2, 0) is 4.79 Å². The monoisotopic (exact) mass is 576 g/mol. The molecule has 0 spiro atoms. The molecule has 1 N–H and O–H groups in total. The Labute approximate surface area is 177 Å². The average Bonchev–Trinajstić information content (AvgIpc) is 2.83. The molecule has 0 radical (unpaired) electrons. The van der Waals surface area contributed by atoms with Crippen molar-refractivity contribution in [2.45, 2.75) is 6.92 Å². The number of amidine groups is 1. The van der Waals surface area contributed by atoms with Crippen molar-refractivity contribution in [3.63, 3.8) is 0 Å². The maximum Gasteiger partial charge on any atom is 0.266 e. The van der Waals surface area contributed by atoms with Gasteiger partial charge >= 0.3 is 0 Å². The predicted octanol–water partition coefficient (Wildman–Crippen LogP) is 5.14. The zero-order chi connectivity index (χ0) is 18.1. The maximum atomic E-state index is 12.5. The summed E-state index contributed by atoms with van der Waals surface area (Å²) in [7, 11) is 1.73. The second-order valence-electron chi connectivity index (χ2n) is 5.54. The lowest BCUT2D eigenvalue weighted by Crippen LogP contribution is -2.23. The highest BCUT2D eigenvalue weighted by Crippen LogP contribution is 2.34. The van der Waals surface area contributed by atoms with Crippen LogP contribution in [0.3, 0.4) is 0 Å². The molecule has 0 atom stereocenters. The van der Waals surface area contributed by atoms with E-state index in [-0.39, 0.29) is 11.7 Å². The Morgan fingerprint density at radius 1 is 1.16 bits per heavy atom. The van der Waals surface area contributed by atoms with Crippen LogP contribution in [0.1, 0.15) is 11.1 Å². The number of carbonyl (C=O) groups excluding carboxylic acids is 1. The zero-order valence-corrected chi connectivity index (χ0v) is 18.6. The van der Waals surface area contributed by atoms with Crippen LogP contribution in [0.25, 0.3) is 6.08 Å². The van der Waals surface area contributed by atoms with Crippen LogP contribution >= 0.6 is 56.9 Å². The molecule has 128 valence electrons. The van der Waals surface area contributed by atoms with Crippen LogP contribution in [0, 0.1) is 14.1 Å². The molecule has 2 aromatic carbocycles. The molecule has 1 aliphatic rings. The number of carbonyl (C=O) groups is 1. The topological polar surface area (TPSA) is 52.9 Å². The number of halogens is 2. The third kappa shape index (κ3) is 4.20. The van der Waals surface area contributed by atoms with Crippen molar-refractivity contribution in [1.82, 2.24) is 4.90 Å². The number of hydrogen-bond donors (Lipinski definition) is 1. The first-order valence-electron chi connectivity index (χ1n) is 7.36. The summed E-state index contributed by atoms with van der Waals surface area (Å²) in [6.07, 6.45) is 1.84. The zero-order valence-electron chi connectivity index (χ0n) is 13.5. The minimum absolute atomic E-state index is 0.0750. The Morgan fingerprint density at radius 2 is 1.76 bits per heavy atom. The van der Waals surface area contributed by atoms with Crippen molar-refractivity contribution in [3.05, 3.63) is 59.6 Å². The van der Waals surface area contributed by atoms with E-state index in [1.807, 2.05) is 49.4 Å². The van der Waals surface area contributed by atoms with Gasteiger partial charge in [-0.05, 0) is 99.8 Å². The summed E-state index contributed by atoms with van der Waals surface area (Å²) in [6, 6.07) is 11.6. The molecule has 0 bridgehead atoms. The fourth-order valence-corrected chi connectivity index (χ4v) is 5.00. The number of benzene rings is 2. The molecule has 0 unspecified atom stereocenters. The molecule has 1 amide bonds. The van der Waals surface area contributed by atoms with Gasteiger partial charge in [-0.1, -0.05) is 17.7 Å². The van der Waals surface area contributed by atoms with E-state index in [0.717, 1.165) is 18.4 Å². The molecule has 0 saturated carbocycles. The summed E-state index contributed by atoms with van der Waals surface area (Å²) in [6.45, 7) is 2.03. The highest BCUT2D eigenvalue weighted by Gasteiger charge is 2.30. The van der Waals surface area contributed by atoms with E-state index in [1.54, 1.807) is 11.9 Å². The number of phenolic OH excluding ortho intramolecular Hbond substituents is 1. The van der Waals surface area contributed by atoms with Crippen molar-refractivity contribution in [1.29, 1.82) is 0 Å². The van der Waals surface area contributed by atoms with Crippen LogP contribution in [0.2, 0.25) is 0 Å². The van der Waals surface area contributed by atoms with Gasteiger partial charge in [0.1, 0.15) is 5.75 Å². The van der Waals surface area contributed by atoms with E-state index in [4.69, 9.17) is 0 Å². The van der Waals surface area contributed by atoms with E-state index >= 15 is 0 Å². The molecule has 0 aliphatic carbocycles. The number of amides is 1. The summed E-state index contributed by atoms with van der Waals surface area (Å²) < 4.78 is 1.52. The molecular weight excluding hydrogens is 562 g/mol. The first-order chi connectivity index (χ1) is 11.8. The van der Waals surface area contributed by atoms with Gasteiger partial charge in [-0.25, -0.2) is 4.99 Å². The SMILES string of the molecule is Cc1ccc(N=C2S/C(=C/c3cc(I)c(O)c(I)c3)C(=O)N2C)cc1. The van der Waals surface area contributed by atoms with Crippen LogP contribution in [-0.4, -0.2) is 28.1 Å². The van der Waals surface area contributed by atoms with Crippen molar-refractivity contribution < 1.29 is 9.90 Å². The number of nitrogens with zero attached hydrogens (tertiary/aromatic N) is 2. The van der Waals surface area contributed by atoms with Gasteiger partial charge in [0.05, 0.1) is 17.7 Å². The number of thioether (sulfide) groups is 1. The van der Waals surface area contributed by atoms with Crippen molar-refractivity contribution in [3.8, 4) is 5.75 Å². The number of phenols is 1. The first kappa shape index (κ1) is 18.7. The molecule has 1 heterocycles. The number of rotatable bonds is 2. The summed E-state index contributed by atoms with van der Waals surface area (Å²) in [5, 5.41) is 10.5. The minimum Gasteiger partial charge on any atom is -0.506 e. The lowest BCUT2D eigenvalue weighted by atomic mass is 10.2. The summed E-state index contributed by atoms with van der Waals surface area (Å²) in [5.41, 5.74) is 2.87. The van der Waals surface area contributed by atoms with Gasteiger partial charge in [0, 0.05) is 7.05 Å². The Bertz CT molecular complexity index is 885. The van der Waals surface area contributed by atoms with E-state index in [1.165, 1.54) is 17.3 Å². The third-order valence-electron chi connectivity index (χ3n) is 3.60. The quantitative estimate of drug-likeness (QED) is 0.398. The van der Waals surface area contributed by atoms with Gasteiger partial charge in [-0.15, -0.1) is 0 Å². The standard InChI is InChI=1S/C18H14I2N2O2S/c1-10-3-5-12(6-4-10)21-18-22(2)17(24)15(25-18)9-11-7-13(19)16(23)14(20)8-11/h3-9,23H,1-2H3/b15-9+,21-18?. The number of aryl methyl sites for hydroxylation is 1. The molecule has 1 saturated heterocycles. The van der Waals surface area contributed by atoms with E-state index in [0.29, 0.717) is 10.1 Å². The molecule has 0 aromatic heterocycles. The van der Waals surface area contributed by atoms with Gasteiger partial charge in [0.15, 0.2) is 5.17 Å². The smallest absolute Gasteiger partial charge is 0.266 e. The molecule has 2 aromatic rings. The fourth-order valence-electron chi connectivity index (χ4n) is 2.20. The van der Waals surface area contributed by atoms with Crippen LogP contribution in [0.5, 0.6) is 5.75 Å². The fraction of sp³-hybridized carbons (Fsp3) is 0.111. The van der Waals surface area contributed by atoms with Crippen LogP contribution in [0.4, 0.5) is 5.69 Å². The number of likely N-dealkylation sites (N-methyl/N-ethyl adjacent to an activating group) is 1. The number of hydrogen-bond acceptors (Lipinski definition) is 4. The van der Waals surface area contributed by atoms with Crippen LogP contribution < -0.4 is 0 Å². The van der Waals surface area contributed by atoms with Gasteiger partial charge in [-0.3, -0.25) is 9.69 Å². The predicted molar refractivity (Wildman–Crippen MR) is 120 cm³/mol. The Balaban J connectivity index is 1.92. The minimum atomic E-state index is -0.0750. The van der Waals surface area contributed by atoms with Gasteiger partial charge < -0.3 is 5.11 Å². The summed E-state index contributed by atoms with van der Waals surface area (Å²) in [4.78, 5) is 19.3. The van der Waals surface area contributed by atoms with Gasteiger partial charge in [0.2, 0.25) is 0 Å². The third-order valence-corrected chi connectivity index (χ3v) is 6.30. The average molecular weight is 576 g/mol. The lowest BCUT2D eigenvalue weighted by molar-refractivity contribution is -0.121. The van der Waals surface area contributed by atoms with Crippen LogP contribution in [0.15, 0.2) is 46.3 Å². The Hall–Kier alpha value is -1.07. The number of aliphatic imine (C=N–C) groups is 1. The van der Waals surface area contributed by atoms with E-state index in [9.17, 15) is 9.90 Å². The molecule has 3 rings (SSSR count). The van der Waals surface area contributed by atoms with E-state index < -0.39 is 0 Å². The number of aromatic hydroxyl groups is 1. The second kappa shape index (κ2) is 7.67. The summed E-state index contributed by atoms with van der Waals surface area (Å²) in [5.74, 6) is 0.196. The summed E-state index contributed by atoms with van der Waals surface area (Å²) >= 11 is 5.52. The maximum absolute atomic E-state index is 12.5. The van der Waals surface area contributed by atoms with Crippen molar-refractivity contribution in [2.24, 2.45) is 4.99 Å². The first-order valence-corrected chi connectivity index (χ1v) is 10.3. The molecule has 1 aliphatic heterocycles.